The van der Waals surface area contributed by atoms with Gasteiger partial charge in [-0.15, -0.1) is 0 Å². The second-order valence-corrected chi connectivity index (χ2v) is 8.12. The number of hydrogen-bond acceptors (Lipinski definition) is 7. The third-order valence-electron chi connectivity index (χ3n) is 4.71. The number of thiol groups is 1. The van der Waals surface area contributed by atoms with E-state index in [9.17, 15) is 13.2 Å². The largest absolute Gasteiger partial charge is 0.438 e. The van der Waals surface area contributed by atoms with E-state index in [1.54, 1.807) is 24.3 Å². The summed E-state index contributed by atoms with van der Waals surface area (Å²) in [6.45, 7) is 3.80. The molecule has 1 amide bonds. The average molecular weight is 464 g/mol. The maximum Gasteiger partial charge on any atom is 0.247 e. The van der Waals surface area contributed by atoms with Crippen LogP contribution in [0.1, 0.15) is 0 Å². The lowest BCUT2D eigenvalue weighted by molar-refractivity contribution is -0.111. The molecule has 0 fully saturated rings. The second-order valence-electron chi connectivity index (χ2n) is 7.01. The van der Waals surface area contributed by atoms with E-state index in [1.165, 1.54) is 12.4 Å². The van der Waals surface area contributed by atoms with E-state index in [-0.39, 0.29) is 11.7 Å². The molecule has 0 aliphatic carbocycles. The molecule has 2 aromatic carbocycles. The normalized spacial score (nSPS) is 10.8. The Balaban J connectivity index is 1.54. The summed E-state index contributed by atoms with van der Waals surface area (Å²) in [5.74, 6) is 0.660. The van der Waals surface area contributed by atoms with E-state index in [4.69, 9.17) is 4.74 Å². The monoisotopic (exact) mass is 463 g/mol. The maximum absolute atomic E-state index is 11.5. The van der Waals surface area contributed by atoms with Gasteiger partial charge in [-0.3, -0.25) is 4.79 Å². The standard InChI is InChI=1S/C23H21N5O4S/c1-2-21(29)27-17-4-3-5-18(12-17)32-23-19-13-20(28-22(19)25-14-26-23)15-6-8-16(9-7-15)24-10-11-33(30)31/h2-9,12-14,24,33H,1,10-11H2,(H,27,29)(H,25,26,28). The number of H-pyrrole nitrogens is 1. The van der Waals surface area contributed by atoms with Crippen molar-refractivity contribution in [1.29, 1.82) is 0 Å². The number of fused-ring (bicyclic) bond motifs is 1. The Morgan fingerprint density at radius 1 is 1.09 bits per heavy atom. The van der Waals surface area contributed by atoms with Gasteiger partial charge in [0.25, 0.3) is 0 Å². The number of carbonyl (C=O) groups is 1. The zero-order chi connectivity index (χ0) is 23.2. The maximum atomic E-state index is 11.5. The molecule has 0 spiro atoms. The lowest BCUT2D eigenvalue weighted by Gasteiger charge is -2.07. The molecule has 3 N–H and O–H groups in total. The Labute approximate surface area is 191 Å². The molecule has 0 saturated carbocycles. The highest BCUT2D eigenvalue weighted by Gasteiger charge is 2.12. The first-order valence-electron chi connectivity index (χ1n) is 10.0. The second kappa shape index (κ2) is 9.96. The van der Waals surface area contributed by atoms with Gasteiger partial charge < -0.3 is 20.4 Å². The van der Waals surface area contributed by atoms with Crippen LogP contribution in [0.3, 0.4) is 0 Å². The van der Waals surface area contributed by atoms with Crippen molar-refractivity contribution in [3.8, 4) is 22.9 Å². The van der Waals surface area contributed by atoms with Crippen LogP contribution >= 0.6 is 0 Å². The summed E-state index contributed by atoms with van der Waals surface area (Å²) in [5, 5.41) is 6.46. The summed E-state index contributed by atoms with van der Waals surface area (Å²) >= 11 is 0. The average Bonchev–Trinajstić information content (AvgIpc) is 3.25. The van der Waals surface area contributed by atoms with Crippen molar-refractivity contribution in [3.63, 3.8) is 0 Å². The molecule has 168 valence electrons. The van der Waals surface area contributed by atoms with Crippen molar-refractivity contribution >= 4 is 39.0 Å². The molecule has 33 heavy (non-hydrogen) atoms. The van der Waals surface area contributed by atoms with E-state index in [1.807, 2.05) is 30.3 Å². The first-order valence-corrected chi connectivity index (χ1v) is 11.4. The number of anilines is 2. The number of aromatic nitrogens is 3. The van der Waals surface area contributed by atoms with E-state index in [0.29, 0.717) is 34.9 Å². The molecule has 10 heteroatoms. The summed E-state index contributed by atoms with van der Waals surface area (Å²) in [5.41, 5.74) is 3.78. The van der Waals surface area contributed by atoms with Crippen LogP contribution in [0.4, 0.5) is 11.4 Å². The van der Waals surface area contributed by atoms with Crippen LogP contribution < -0.4 is 15.4 Å². The minimum absolute atomic E-state index is 0.0874. The van der Waals surface area contributed by atoms with Gasteiger partial charge in [0, 0.05) is 29.7 Å². The number of rotatable bonds is 9. The van der Waals surface area contributed by atoms with Crippen molar-refractivity contribution in [3.05, 3.63) is 73.6 Å². The number of carbonyl (C=O) groups excluding carboxylic acids is 1. The van der Waals surface area contributed by atoms with Crippen LogP contribution in [0.5, 0.6) is 11.6 Å². The van der Waals surface area contributed by atoms with Gasteiger partial charge in [0.15, 0.2) is 0 Å². The summed E-state index contributed by atoms with van der Waals surface area (Å²) < 4.78 is 27.3. The first kappa shape index (κ1) is 22.0. The Morgan fingerprint density at radius 2 is 1.91 bits per heavy atom. The number of aromatic amines is 1. The number of benzene rings is 2. The van der Waals surface area contributed by atoms with Crippen molar-refractivity contribution in [2.45, 2.75) is 0 Å². The van der Waals surface area contributed by atoms with Crippen molar-refractivity contribution < 1.29 is 17.9 Å². The molecule has 0 aliphatic rings. The molecular formula is C23H21N5O4S. The van der Waals surface area contributed by atoms with E-state index in [0.717, 1.165) is 16.9 Å². The highest BCUT2D eigenvalue weighted by molar-refractivity contribution is 7.72. The zero-order valence-electron chi connectivity index (χ0n) is 17.4. The van der Waals surface area contributed by atoms with Crippen molar-refractivity contribution in [2.75, 3.05) is 22.9 Å². The summed E-state index contributed by atoms with van der Waals surface area (Å²) in [6, 6.07) is 16.5. The van der Waals surface area contributed by atoms with Crippen LogP contribution in [-0.2, 0) is 15.5 Å². The Hall–Kier alpha value is -4.18. The number of ether oxygens (including phenoxy) is 1. The third kappa shape index (κ3) is 5.55. The molecule has 0 aliphatic heterocycles. The Bertz CT molecular complexity index is 1370. The molecule has 9 nitrogen and oxygen atoms in total. The lowest BCUT2D eigenvalue weighted by Crippen LogP contribution is -2.07. The minimum Gasteiger partial charge on any atom is -0.438 e. The SMILES string of the molecule is C=CC(=O)Nc1cccc(Oc2ncnc3[nH]c(-c4ccc(NCC[SH](=O)=O)cc4)cc23)c1. The van der Waals surface area contributed by atoms with E-state index in [2.05, 4.69) is 32.2 Å². The molecule has 2 heterocycles. The topological polar surface area (TPSA) is 126 Å². The Kier molecular flexibility index (Phi) is 6.65. The summed E-state index contributed by atoms with van der Waals surface area (Å²) in [6.07, 6.45) is 2.61. The van der Waals surface area contributed by atoms with Gasteiger partial charge >= 0.3 is 0 Å². The highest BCUT2D eigenvalue weighted by atomic mass is 32.2. The van der Waals surface area contributed by atoms with Gasteiger partial charge in [-0.25, -0.2) is 18.4 Å². The smallest absolute Gasteiger partial charge is 0.247 e. The summed E-state index contributed by atoms with van der Waals surface area (Å²) in [7, 11) is -2.39. The van der Waals surface area contributed by atoms with Gasteiger partial charge in [0.2, 0.25) is 11.8 Å². The Morgan fingerprint density at radius 3 is 2.67 bits per heavy atom. The predicted octanol–water partition coefficient (Wildman–Crippen LogP) is 3.57. The molecular weight excluding hydrogens is 442 g/mol. The van der Waals surface area contributed by atoms with Crippen LogP contribution in [0.25, 0.3) is 22.3 Å². The molecule has 4 rings (SSSR count). The zero-order valence-corrected chi connectivity index (χ0v) is 18.3. The molecule has 0 unspecified atom stereocenters. The molecule has 4 aromatic rings. The lowest BCUT2D eigenvalue weighted by atomic mass is 10.1. The van der Waals surface area contributed by atoms with Crippen LogP contribution in [0.2, 0.25) is 0 Å². The van der Waals surface area contributed by atoms with Crippen LogP contribution in [-0.4, -0.2) is 41.6 Å². The van der Waals surface area contributed by atoms with Crippen molar-refractivity contribution in [2.24, 2.45) is 0 Å². The quantitative estimate of drug-likeness (QED) is 0.221. The molecule has 0 radical (unpaired) electrons. The predicted molar refractivity (Wildman–Crippen MR) is 128 cm³/mol. The molecule has 2 aromatic heterocycles. The highest BCUT2D eigenvalue weighted by Crippen LogP contribution is 2.31. The molecule has 0 atom stereocenters. The molecule has 0 saturated heterocycles. The van der Waals surface area contributed by atoms with Gasteiger partial charge in [0.1, 0.15) is 28.4 Å². The van der Waals surface area contributed by atoms with Gasteiger partial charge in [-0.2, -0.15) is 0 Å². The number of hydrogen-bond donors (Lipinski definition) is 4. The minimum atomic E-state index is -2.39. The summed E-state index contributed by atoms with van der Waals surface area (Å²) in [4.78, 5) is 23.4. The fourth-order valence-electron chi connectivity index (χ4n) is 3.16. The van der Waals surface area contributed by atoms with Crippen LogP contribution in [0.15, 0.2) is 73.6 Å². The first-order chi connectivity index (χ1) is 16.0. The number of amides is 1. The van der Waals surface area contributed by atoms with Gasteiger partial charge in [-0.1, -0.05) is 24.8 Å². The van der Waals surface area contributed by atoms with E-state index < -0.39 is 10.7 Å². The van der Waals surface area contributed by atoms with Crippen LogP contribution in [0, 0.1) is 0 Å². The molecule has 0 bridgehead atoms. The van der Waals surface area contributed by atoms with Crippen molar-refractivity contribution in [1.82, 2.24) is 15.0 Å². The number of nitrogens with zero attached hydrogens (tertiary/aromatic N) is 2. The van der Waals surface area contributed by atoms with Gasteiger partial charge in [0.05, 0.1) is 11.1 Å². The third-order valence-corrected chi connectivity index (χ3v) is 5.30. The number of nitrogens with one attached hydrogen (secondary N) is 3. The fourth-order valence-corrected chi connectivity index (χ4v) is 3.45. The fraction of sp³-hybridized carbons (Fsp3) is 0.0870. The van der Waals surface area contributed by atoms with E-state index >= 15 is 0 Å². The van der Waals surface area contributed by atoms with Gasteiger partial charge in [-0.05, 0) is 42.0 Å².